The van der Waals surface area contributed by atoms with E-state index in [4.69, 9.17) is 16.0 Å². The van der Waals surface area contributed by atoms with Gasteiger partial charge in [-0.05, 0) is 61.4 Å². The summed E-state index contributed by atoms with van der Waals surface area (Å²) in [5, 5.41) is 0.642. The van der Waals surface area contributed by atoms with E-state index in [2.05, 4.69) is 18.7 Å². The summed E-state index contributed by atoms with van der Waals surface area (Å²) in [5.74, 6) is -0.631. The smallest absolute Gasteiger partial charge is 0.240 e. The third kappa shape index (κ3) is 2.84. The summed E-state index contributed by atoms with van der Waals surface area (Å²) in [6.45, 7) is 4.19. The van der Waals surface area contributed by atoms with Crippen molar-refractivity contribution < 1.29 is 14.0 Å². The standard InChI is InChI=1S/C26H25ClN2O3/c1-3-26(4-2)22-21(24(30)28(25(22)31)18-9-6-5-7-10-18)23(20-11-8-16-32-20)29(26)19-14-12-17(27)13-15-19/h5-16,21-23H,3-4H2,1-2H3/t21-,22-,23+/m1/s1. The lowest BCUT2D eigenvalue weighted by Gasteiger charge is -2.44. The molecule has 3 aromatic rings. The first-order chi connectivity index (χ1) is 15.5. The van der Waals surface area contributed by atoms with Gasteiger partial charge >= 0.3 is 0 Å². The van der Waals surface area contributed by atoms with E-state index >= 15 is 0 Å². The fraction of sp³-hybridized carbons (Fsp3) is 0.308. The van der Waals surface area contributed by atoms with Crippen molar-refractivity contribution in [1.82, 2.24) is 0 Å². The fourth-order valence-corrected chi connectivity index (χ4v) is 5.93. The molecule has 0 unspecified atom stereocenters. The zero-order valence-corrected chi connectivity index (χ0v) is 18.8. The van der Waals surface area contributed by atoms with Crippen LogP contribution in [0.15, 0.2) is 77.4 Å². The Bertz CT molecular complexity index is 1120. The van der Waals surface area contributed by atoms with Crippen LogP contribution in [0.25, 0.3) is 0 Å². The Morgan fingerprint density at radius 3 is 2.16 bits per heavy atom. The molecule has 164 valence electrons. The summed E-state index contributed by atoms with van der Waals surface area (Å²) in [4.78, 5) is 31.4. The Kier molecular flexibility index (Phi) is 5.09. The molecule has 2 aliphatic rings. The van der Waals surface area contributed by atoms with Crippen LogP contribution in [0, 0.1) is 11.8 Å². The van der Waals surface area contributed by atoms with E-state index in [1.807, 2.05) is 66.7 Å². The zero-order chi connectivity index (χ0) is 22.5. The first-order valence-corrected chi connectivity index (χ1v) is 11.4. The molecular formula is C26H25ClN2O3. The molecule has 5 nitrogen and oxygen atoms in total. The van der Waals surface area contributed by atoms with Crippen LogP contribution >= 0.6 is 11.6 Å². The molecule has 3 heterocycles. The van der Waals surface area contributed by atoms with Crippen molar-refractivity contribution in [2.24, 2.45) is 11.8 Å². The van der Waals surface area contributed by atoms with Crippen LogP contribution in [0.1, 0.15) is 38.5 Å². The highest BCUT2D eigenvalue weighted by Crippen LogP contribution is 2.59. The highest BCUT2D eigenvalue weighted by atomic mass is 35.5. The van der Waals surface area contributed by atoms with E-state index < -0.39 is 17.4 Å². The van der Waals surface area contributed by atoms with Gasteiger partial charge in [-0.1, -0.05) is 43.6 Å². The average Bonchev–Trinajstić information content (AvgIpc) is 3.50. The summed E-state index contributed by atoms with van der Waals surface area (Å²) in [6.07, 6.45) is 3.05. The van der Waals surface area contributed by atoms with Gasteiger partial charge in [-0.15, -0.1) is 0 Å². The lowest BCUT2D eigenvalue weighted by atomic mass is 9.76. The monoisotopic (exact) mass is 448 g/mol. The molecule has 2 saturated heterocycles. The number of benzene rings is 2. The Morgan fingerprint density at radius 1 is 0.875 bits per heavy atom. The van der Waals surface area contributed by atoms with Gasteiger partial charge in [0.2, 0.25) is 11.8 Å². The normalized spacial score (nSPS) is 24.3. The number of anilines is 2. The van der Waals surface area contributed by atoms with E-state index in [9.17, 15) is 9.59 Å². The fourth-order valence-electron chi connectivity index (χ4n) is 5.81. The molecule has 5 rings (SSSR count). The summed E-state index contributed by atoms with van der Waals surface area (Å²) >= 11 is 6.17. The molecular weight excluding hydrogens is 424 g/mol. The Labute approximate surface area is 192 Å². The highest BCUT2D eigenvalue weighted by Gasteiger charge is 2.68. The van der Waals surface area contributed by atoms with Gasteiger partial charge in [0.25, 0.3) is 0 Å². The molecule has 6 heteroatoms. The van der Waals surface area contributed by atoms with Crippen LogP contribution in [0.5, 0.6) is 0 Å². The van der Waals surface area contributed by atoms with Crippen molar-refractivity contribution in [3.8, 4) is 0 Å². The van der Waals surface area contributed by atoms with Gasteiger partial charge in [0.15, 0.2) is 0 Å². The third-order valence-corrected chi connectivity index (χ3v) is 7.46. The number of halogens is 1. The second-order valence-electron chi connectivity index (χ2n) is 8.47. The molecule has 0 saturated carbocycles. The van der Waals surface area contributed by atoms with Crippen LogP contribution < -0.4 is 9.80 Å². The predicted octanol–water partition coefficient (Wildman–Crippen LogP) is 5.86. The van der Waals surface area contributed by atoms with Crippen molar-refractivity contribution in [1.29, 1.82) is 0 Å². The Balaban J connectivity index is 1.72. The lowest BCUT2D eigenvalue weighted by molar-refractivity contribution is -0.123. The minimum absolute atomic E-state index is 0.136. The topological polar surface area (TPSA) is 53.8 Å². The number of hydrogen-bond donors (Lipinski definition) is 0. The van der Waals surface area contributed by atoms with E-state index in [-0.39, 0.29) is 17.9 Å². The first-order valence-electron chi connectivity index (χ1n) is 11.0. The maximum absolute atomic E-state index is 13.9. The molecule has 2 aliphatic heterocycles. The van der Waals surface area contributed by atoms with Gasteiger partial charge in [0.1, 0.15) is 11.8 Å². The number of carbonyl (C=O) groups excluding carboxylic acids is 2. The second-order valence-corrected chi connectivity index (χ2v) is 8.90. The van der Waals surface area contributed by atoms with E-state index in [0.29, 0.717) is 29.3 Å². The molecule has 2 amide bonds. The van der Waals surface area contributed by atoms with E-state index in [0.717, 1.165) is 5.69 Å². The molecule has 1 aromatic heterocycles. The minimum atomic E-state index is -0.538. The summed E-state index contributed by atoms with van der Waals surface area (Å²) in [5.41, 5.74) is 1.02. The molecule has 2 aromatic carbocycles. The second kappa shape index (κ2) is 7.82. The zero-order valence-electron chi connectivity index (χ0n) is 18.1. The molecule has 2 fully saturated rings. The molecule has 0 bridgehead atoms. The van der Waals surface area contributed by atoms with Crippen molar-refractivity contribution in [2.45, 2.75) is 38.3 Å². The van der Waals surface area contributed by atoms with E-state index in [1.54, 1.807) is 6.26 Å². The third-order valence-electron chi connectivity index (χ3n) is 7.21. The number of para-hydroxylation sites is 1. The SMILES string of the molecule is CCC1(CC)[C@H]2C(=O)N(c3ccccc3)C(=O)[C@H]2[C@H](c2ccco2)N1c1ccc(Cl)cc1. The molecule has 0 aliphatic carbocycles. The first kappa shape index (κ1) is 20.8. The van der Waals surface area contributed by atoms with Gasteiger partial charge in [-0.3, -0.25) is 9.59 Å². The summed E-state index contributed by atoms with van der Waals surface area (Å²) < 4.78 is 5.86. The number of nitrogens with zero attached hydrogens (tertiary/aromatic N) is 2. The van der Waals surface area contributed by atoms with Gasteiger partial charge in [-0.2, -0.15) is 0 Å². The van der Waals surface area contributed by atoms with Gasteiger partial charge in [0.05, 0.1) is 29.3 Å². The Hall–Kier alpha value is -3.05. The van der Waals surface area contributed by atoms with Crippen molar-refractivity contribution in [3.63, 3.8) is 0 Å². The Morgan fingerprint density at radius 2 is 1.56 bits per heavy atom. The molecule has 0 spiro atoms. The van der Waals surface area contributed by atoms with Gasteiger partial charge in [0, 0.05) is 10.7 Å². The quantitative estimate of drug-likeness (QED) is 0.459. The number of fused-ring (bicyclic) bond motifs is 1. The number of carbonyl (C=O) groups is 2. The molecule has 3 atom stereocenters. The number of imide groups is 1. The minimum Gasteiger partial charge on any atom is -0.467 e. The molecule has 32 heavy (non-hydrogen) atoms. The number of furan rings is 1. The maximum atomic E-state index is 13.9. The van der Waals surface area contributed by atoms with E-state index in [1.165, 1.54) is 4.90 Å². The average molecular weight is 449 g/mol. The van der Waals surface area contributed by atoms with Crippen molar-refractivity contribution in [3.05, 3.63) is 83.8 Å². The van der Waals surface area contributed by atoms with Crippen molar-refractivity contribution in [2.75, 3.05) is 9.80 Å². The number of hydrogen-bond acceptors (Lipinski definition) is 4. The lowest BCUT2D eigenvalue weighted by Crippen LogP contribution is -2.52. The highest BCUT2D eigenvalue weighted by molar-refractivity contribution is 6.30. The summed E-state index contributed by atoms with van der Waals surface area (Å²) in [7, 11) is 0. The van der Waals surface area contributed by atoms with Gasteiger partial charge < -0.3 is 9.32 Å². The van der Waals surface area contributed by atoms with Crippen LogP contribution in [0.2, 0.25) is 5.02 Å². The molecule has 0 N–H and O–H groups in total. The van der Waals surface area contributed by atoms with Gasteiger partial charge in [-0.25, -0.2) is 4.90 Å². The van der Waals surface area contributed by atoms with Crippen LogP contribution in [0.4, 0.5) is 11.4 Å². The maximum Gasteiger partial charge on any atom is 0.240 e. The number of rotatable bonds is 5. The largest absolute Gasteiger partial charge is 0.467 e. The van der Waals surface area contributed by atoms with Crippen molar-refractivity contribution >= 4 is 34.8 Å². The van der Waals surface area contributed by atoms with Crippen LogP contribution in [0.3, 0.4) is 0 Å². The van der Waals surface area contributed by atoms with Crippen LogP contribution in [-0.4, -0.2) is 17.4 Å². The summed E-state index contributed by atoms with van der Waals surface area (Å²) in [6, 6.07) is 20.2. The molecule has 0 radical (unpaired) electrons. The number of amides is 2. The predicted molar refractivity (Wildman–Crippen MR) is 125 cm³/mol. The van der Waals surface area contributed by atoms with Crippen LogP contribution in [-0.2, 0) is 9.59 Å².